The van der Waals surface area contributed by atoms with Gasteiger partial charge in [-0.05, 0) is 51.2 Å². The molecule has 2 heterocycles. The molecule has 1 saturated heterocycles. The van der Waals surface area contributed by atoms with Gasteiger partial charge in [-0.2, -0.15) is 0 Å². The van der Waals surface area contributed by atoms with Crippen LogP contribution in [0.1, 0.15) is 36.7 Å². The predicted octanol–water partition coefficient (Wildman–Crippen LogP) is 3.22. The van der Waals surface area contributed by atoms with E-state index in [0.717, 1.165) is 23.4 Å². The Kier molecular flexibility index (Phi) is 6.57. The second-order valence-electron chi connectivity index (χ2n) is 8.21. The summed E-state index contributed by atoms with van der Waals surface area (Å²) in [7, 11) is 0. The van der Waals surface area contributed by atoms with Gasteiger partial charge in [-0.25, -0.2) is 4.98 Å². The van der Waals surface area contributed by atoms with E-state index in [1.165, 1.54) is 5.56 Å². The number of hydrogen-bond acceptors (Lipinski definition) is 4. The van der Waals surface area contributed by atoms with Crippen LogP contribution in [0.25, 0.3) is 0 Å². The molecular weight excluding hydrogens is 432 g/mol. The van der Waals surface area contributed by atoms with Crippen molar-refractivity contribution < 1.29 is 9.59 Å². The summed E-state index contributed by atoms with van der Waals surface area (Å²) in [5.74, 6) is 0.622. The van der Waals surface area contributed by atoms with Crippen LogP contribution >= 0.6 is 15.9 Å². The van der Waals surface area contributed by atoms with Crippen LogP contribution in [0.2, 0.25) is 0 Å². The number of carbonyl (C=O) groups excluding carboxylic acids is 2. The van der Waals surface area contributed by atoms with Crippen molar-refractivity contribution in [3.05, 3.63) is 58.2 Å². The quantitative estimate of drug-likeness (QED) is 0.763. The van der Waals surface area contributed by atoms with Crippen molar-refractivity contribution in [2.24, 2.45) is 0 Å². The smallest absolute Gasteiger partial charge is 0.251 e. The van der Waals surface area contributed by atoms with Crippen LogP contribution in [-0.4, -0.2) is 54.4 Å². The Bertz CT molecular complexity index is 852. The zero-order valence-corrected chi connectivity index (χ0v) is 18.7. The molecule has 0 radical (unpaired) electrons. The van der Waals surface area contributed by atoms with Crippen LogP contribution < -0.4 is 10.2 Å². The minimum absolute atomic E-state index is 0.0103. The molecule has 0 aliphatic carbocycles. The predicted molar refractivity (Wildman–Crippen MR) is 118 cm³/mol. The van der Waals surface area contributed by atoms with E-state index in [2.05, 4.69) is 51.9 Å². The largest absolute Gasteiger partial charge is 0.353 e. The van der Waals surface area contributed by atoms with Gasteiger partial charge in [0.25, 0.3) is 5.91 Å². The average Bonchev–Trinajstić information content (AvgIpc) is 2.72. The first-order valence-corrected chi connectivity index (χ1v) is 10.6. The lowest BCUT2D eigenvalue weighted by Gasteiger charge is -2.35. The van der Waals surface area contributed by atoms with Gasteiger partial charge in [0.15, 0.2) is 0 Å². The molecular formula is C22H27BrN4O2. The molecule has 29 heavy (non-hydrogen) atoms. The molecule has 1 aliphatic rings. The number of halogens is 1. The van der Waals surface area contributed by atoms with E-state index in [0.29, 0.717) is 18.7 Å². The molecule has 1 aromatic carbocycles. The molecule has 7 heteroatoms. The number of rotatable bonds is 4. The van der Waals surface area contributed by atoms with E-state index < -0.39 is 0 Å². The van der Waals surface area contributed by atoms with E-state index >= 15 is 0 Å². The molecule has 0 spiro atoms. The lowest BCUT2D eigenvalue weighted by atomic mass is 9.87. The fraction of sp³-hybridized carbons (Fsp3) is 0.409. The SMILES string of the molecule is CC(C)(C)c1ccc(C(=O)NCC(=O)N2CCN(c3ccc(Br)cn3)CC2)cc1. The molecule has 0 bridgehead atoms. The van der Waals surface area contributed by atoms with E-state index in [-0.39, 0.29) is 23.8 Å². The normalized spacial score (nSPS) is 14.6. The highest BCUT2D eigenvalue weighted by atomic mass is 79.9. The van der Waals surface area contributed by atoms with Crippen LogP contribution in [0.4, 0.5) is 5.82 Å². The fourth-order valence-corrected chi connectivity index (χ4v) is 3.47. The van der Waals surface area contributed by atoms with E-state index in [1.807, 2.05) is 36.4 Å². The Labute approximate surface area is 180 Å². The van der Waals surface area contributed by atoms with Gasteiger partial charge in [0, 0.05) is 42.4 Å². The molecule has 154 valence electrons. The minimum atomic E-state index is -0.225. The lowest BCUT2D eigenvalue weighted by Crippen LogP contribution is -2.51. The van der Waals surface area contributed by atoms with Gasteiger partial charge in [0.1, 0.15) is 5.82 Å². The van der Waals surface area contributed by atoms with Gasteiger partial charge >= 0.3 is 0 Å². The fourth-order valence-electron chi connectivity index (χ4n) is 3.23. The first kappa shape index (κ1) is 21.3. The van der Waals surface area contributed by atoms with Gasteiger partial charge < -0.3 is 15.1 Å². The Hall–Kier alpha value is -2.41. The Balaban J connectivity index is 1.47. The highest BCUT2D eigenvalue weighted by Crippen LogP contribution is 2.22. The standard InChI is InChI=1S/C22H27BrN4O2/c1-22(2,3)17-6-4-16(5-7-17)21(29)25-15-20(28)27-12-10-26(11-13-27)19-9-8-18(23)14-24-19/h4-9,14H,10-13,15H2,1-3H3,(H,25,29). The maximum absolute atomic E-state index is 12.5. The van der Waals surface area contributed by atoms with Crippen molar-refractivity contribution >= 4 is 33.6 Å². The maximum atomic E-state index is 12.5. The van der Waals surface area contributed by atoms with E-state index in [9.17, 15) is 9.59 Å². The Morgan fingerprint density at radius 1 is 1.03 bits per heavy atom. The third-order valence-electron chi connectivity index (χ3n) is 5.08. The van der Waals surface area contributed by atoms with Gasteiger partial charge in [-0.1, -0.05) is 32.9 Å². The van der Waals surface area contributed by atoms with Crippen LogP contribution in [-0.2, 0) is 10.2 Å². The van der Waals surface area contributed by atoms with Crippen LogP contribution in [0, 0.1) is 0 Å². The summed E-state index contributed by atoms with van der Waals surface area (Å²) in [6.07, 6.45) is 1.77. The van der Waals surface area contributed by atoms with Crippen molar-refractivity contribution in [3.63, 3.8) is 0 Å². The molecule has 1 aliphatic heterocycles. The maximum Gasteiger partial charge on any atom is 0.251 e. The van der Waals surface area contributed by atoms with Crippen LogP contribution in [0.3, 0.4) is 0 Å². The topological polar surface area (TPSA) is 65.5 Å². The molecule has 1 aromatic heterocycles. The number of piperazine rings is 1. The molecule has 3 rings (SSSR count). The first-order valence-electron chi connectivity index (χ1n) is 9.77. The van der Waals surface area contributed by atoms with Gasteiger partial charge in [-0.3, -0.25) is 9.59 Å². The molecule has 1 N–H and O–H groups in total. The first-order chi connectivity index (χ1) is 13.7. The molecule has 2 aromatic rings. The molecule has 0 unspecified atom stereocenters. The Morgan fingerprint density at radius 2 is 1.69 bits per heavy atom. The molecule has 1 fully saturated rings. The molecule has 2 amide bonds. The lowest BCUT2D eigenvalue weighted by molar-refractivity contribution is -0.130. The molecule has 0 saturated carbocycles. The minimum Gasteiger partial charge on any atom is -0.353 e. The summed E-state index contributed by atoms with van der Waals surface area (Å²) < 4.78 is 0.943. The van der Waals surface area contributed by atoms with Gasteiger partial charge in [-0.15, -0.1) is 0 Å². The number of anilines is 1. The highest BCUT2D eigenvalue weighted by Gasteiger charge is 2.22. The summed E-state index contributed by atoms with van der Waals surface area (Å²) in [5, 5.41) is 2.74. The number of benzene rings is 1. The zero-order valence-electron chi connectivity index (χ0n) is 17.1. The van der Waals surface area contributed by atoms with E-state index in [1.54, 1.807) is 11.1 Å². The Morgan fingerprint density at radius 3 is 2.24 bits per heavy atom. The number of hydrogen-bond donors (Lipinski definition) is 1. The summed E-state index contributed by atoms with van der Waals surface area (Å²) in [6, 6.07) is 11.5. The third-order valence-corrected chi connectivity index (χ3v) is 5.55. The highest BCUT2D eigenvalue weighted by molar-refractivity contribution is 9.10. The number of carbonyl (C=O) groups is 2. The number of pyridine rings is 1. The van der Waals surface area contributed by atoms with Crippen LogP contribution in [0.15, 0.2) is 47.1 Å². The van der Waals surface area contributed by atoms with Crippen LogP contribution in [0.5, 0.6) is 0 Å². The van der Waals surface area contributed by atoms with Crippen molar-refractivity contribution in [3.8, 4) is 0 Å². The molecule has 6 nitrogen and oxygen atoms in total. The zero-order chi connectivity index (χ0) is 21.0. The van der Waals surface area contributed by atoms with Gasteiger partial charge in [0.2, 0.25) is 5.91 Å². The van der Waals surface area contributed by atoms with Crippen molar-refractivity contribution in [2.45, 2.75) is 26.2 Å². The third kappa shape index (κ3) is 5.56. The van der Waals surface area contributed by atoms with Crippen molar-refractivity contribution in [1.29, 1.82) is 0 Å². The summed E-state index contributed by atoms with van der Waals surface area (Å²) >= 11 is 3.39. The van der Waals surface area contributed by atoms with Crippen molar-refractivity contribution in [2.75, 3.05) is 37.6 Å². The number of nitrogens with zero attached hydrogens (tertiary/aromatic N) is 3. The number of nitrogens with one attached hydrogen (secondary N) is 1. The summed E-state index contributed by atoms with van der Waals surface area (Å²) in [4.78, 5) is 33.2. The number of amides is 2. The summed E-state index contributed by atoms with van der Waals surface area (Å²) in [6.45, 7) is 9.09. The molecule has 0 atom stereocenters. The average molecular weight is 459 g/mol. The monoisotopic (exact) mass is 458 g/mol. The second kappa shape index (κ2) is 8.95. The van der Waals surface area contributed by atoms with E-state index in [4.69, 9.17) is 0 Å². The second-order valence-corrected chi connectivity index (χ2v) is 9.13. The van der Waals surface area contributed by atoms with Crippen molar-refractivity contribution in [1.82, 2.24) is 15.2 Å². The van der Waals surface area contributed by atoms with Gasteiger partial charge in [0.05, 0.1) is 6.54 Å². The number of aromatic nitrogens is 1. The summed E-state index contributed by atoms with van der Waals surface area (Å²) in [5.41, 5.74) is 1.78.